The first-order chi connectivity index (χ1) is 9.03. The summed E-state index contributed by atoms with van der Waals surface area (Å²) in [5.74, 6) is 0. The molecule has 6 nitrogen and oxygen atoms in total. The molecular weight excluding hydrogens is 242 g/mol. The summed E-state index contributed by atoms with van der Waals surface area (Å²) in [6.45, 7) is 12.8. The largest absolute Gasteiger partial charge is 0.336 e. The van der Waals surface area contributed by atoms with Crippen LogP contribution in [0.1, 0.15) is 13.8 Å². The van der Waals surface area contributed by atoms with E-state index in [1.54, 1.807) is 0 Å². The molecule has 2 aliphatic rings. The van der Waals surface area contributed by atoms with Crippen LogP contribution in [0.4, 0.5) is 4.79 Å². The zero-order valence-corrected chi connectivity index (χ0v) is 12.2. The SMILES string of the molecule is CC(C)(CN)N1CCN(CCN2CCNC2=O)CC1. The Balaban J connectivity index is 1.70. The lowest BCUT2D eigenvalue weighted by Gasteiger charge is -2.43. The molecule has 0 aromatic heterocycles. The van der Waals surface area contributed by atoms with E-state index in [0.29, 0.717) is 6.54 Å². The molecule has 0 radical (unpaired) electrons. The van der Waals surface area contributed by atoms with Crippen LogP contribution in [0.3, 0.4) is 0 Å². The molecule has 2 heterocycles. The van der Waals surface area contributed by atoms with Crippen molar-refractivity contribution in [2.45, 2.75) is 19.4 Å². The summed E-state index contributed by atoms with van der Waals surface area (Å²) in [4.78, 5) is 18.2. The summed E-state index contributed by atoms with van der Waals surface area (Å²) >= 11 is 0. The maximum absolute atomic E-state index is 11.4. The summed E-state index contributed by atoms with van der Waals surface area (Å²) in [5, 5.41) is 2.84. The Morgan fingerprint density at radius 1 is 1.16 bits per heavy atom. The van der Waals surface area contributed by atoms with Crippen molar-refractivity contribution in [1.29, 1.82) is 0 Å². The zero-order valence-electron chi connectivity index (χ0n) is 12.2. The van der Waals surface area contributed by atoms with Crippen LogP contribution in [0.25, 0.3) is 0 Å². The van der Waals surface area contributed by atoms with Gasteiger partial charge in [-0.05, 0) is 13.8 Å². The third kappa shape index (κ3) is 3.58. The zero-order chi connectivity index (χ0) is 13.9. The number of urea groups is 1. The van der Waals surface area contributed by atoms with Gasteiger partial charge in [0.15, 0.2) is 0 Å². The number of carbonyl (C=O) groups is 1. The molecule has 110 valence electrons. The van der Waals surface area contributed by atoms with Gasteiger partial charge in [0, 0.05) is 64.4 Å². The van der Waals surface area contributed by atoms with Crippen molar-refractivity contribution in [2.24, 2.45) is 5.73 Å². The van der Waals surface area contributed by atoms with Crippen molar-refractivity contribution < 1.29 is 4.79 Å². The second kappa shape index (κ2) is 6.07. The molecule has 0 saturated carbocycles. The van der Waals surface area contributed by atoms with Crippen LogP contribution in [0.5, 0.6) is 0 Å². The number of rotatable bonds is 5. The van der Waals surface area contributed by atoms with Crippen LogP contribution >= 0.6 is 0 Å². The highest BCUT2D eigenvalue weighted by atomic mass is 16.2. The van der Waals surface area contributed by atoms with E-state index in [-0.39, 0.29) is 11.6 Å². The molecule has 6 heteroatoms. The lowest BCUT2D eigenvalue weighted by molar-refractivity contribution is 0.0546. The van der Waals surface area contributed by atoms with E-state index in [0.717, 1.165) is 52.4 Å². The van der Waals surface area contributed by atoms with Crippen LogP contribution < -0.4 is 11.1 Å². The fraction of sp³-hybridized carbons (Fsp3) is 0.923. The fourth-order valence-corrected chi connectivity index (χ4v) is 2.69. The van der Waals surface area contributed by atoms with Crippen molar-refractivity contribution in [1.82, 2.24) is 20.0 Å². The van der Waals surface area contributed by atoms with Crippen molar-refractivity contribution in [2.75, 3.05) is 58.9 Å². The molecule has 0 aliphatic carbocycles. The van der Waals surface area contributed by atoms with Gasteiger partial charge in [-0.2, -0.15) is 0 Å². The van der Waals surface area contributed by atoms with Crippen LogP contribution in [0.2, 0.25) is 0 Å². The molecule has 2 saturated heterocycles. The molecule has 0 bridgehead atoms. The van der Waals surface area contributed by atoms with E-state index in [4.69, 9.17) is 5.73 Å². The van der Waals surface area contributed by atoms with Gasteiger partial charge in [0.2, 0.25) is 0 Å². The fourth-order valence-electron chi connectivity index (χ4n) is 2.69. The van der Waals surface area contributed by atoms with Crippen LogP contribution in [-0.4, -0.2) is 85.2 Å². The molecule has 2 fully saturated rings. The standard InChI is InChI=1S/C13H27N5O/c1-13(2,11-14)18-9-6-16(7-10-18)5-8-17-4-3-15-12(17)19/h3-11,14H2,1-2H3,(H,15,19). The number of nitrogens with one attached hydrogen (secondary N) is 1. The lowest BCUT2D eigenvalue weighted by atomic mass is 10.0. The van der Waals surface area contributed by atoms with Crippen molar-refractivity contribution in [3.63, 3.8) is 0 Å². The first-order valence-electron chi connectivity index (χ1n) is 7.23. The summed E-state index contributed by atoms with van der Waals surface area (Å²) in [5.41, 5.74) is 5.92. The van der Waals surface area contributed by atoms with E-state index in [1.165, 1.54) is 0 Å². The smallest absolute Gasteiger partial charge is 0.317 e. The van der Waals surface area contributed by atoms with Crippen molar-refractivity contribution in [3.05, 3.63) is 0 Å². The highest BCUT2D eigenvalue weighted by molar-refractivity contribution is 5.76. The van der Waals surface area contributed by atoms with Crippen molar-refractivity contribution in [3.8, 4) is 0 Å². The number of hydrogen-bond acceptors (Lipinski definition) is 4. The predicted molar refractivity (Wildman–Crippen MR) is 76.1 cm³/mol. The second-order valence-electron chi connectivity index (χ2n) is 6.06. The van der Waals surface area contributed by atoms with E-state index < -0.39 is 0 Å². The molecule has 3 N–H and O–H groups in total. The Kier molecular flexibility index (Phi) is 4.65. The van der Waals surface area contributed by atoms with Crippen LogP contribution in [0.15, 0.2) is 0 Å². The molecule has 2 rings (SSSR count). The van der Waals surface area contributed by atoms with E-state index in [2.05, 4.69) is 29.0 Å². The first-order valence-corrected chi connectivity index (χ1v) is 7.23. The van der Waals surface area contributed by atoms with E-state index in [9.17, 15) is 4.79 Å². The van der Waals surface area contributed by atoms with E-state index >= 15 is 0 Å². The number of piperazine rings is 1. The Morgan fingerprint density at radius 3 is 2.37 bits per heavy atom. The maximum Gasteiger partial charge on any atom is 0.317 e. The molecule has 0 atom stereocenters. The molecule has 2 aliphatic heterocycles. The number of nitrogens with two attached hydrogens (primary N) is 1. The quantitative estimate of drug-likeness (QED) is 0.697. The normalized spacial score (nSPS) is 22.9. The summed E-state index contributed by atoms with van der Waals surface area (Å²) < 4.78 is 0. The predicted octanol–water partition coefficient (Wildman–Crippen LogP) is -0.633. The van der Waals surface area contributed by atoms with E-state index in [1.807, 2.05) is 4.90 Å². The highest BCUT2D eigenvalue weighted by Crippen LogP contribution is 2.15. The number of hydrogen-bond donors (Lipinski definition) is 2. The molecule has 0 unspecified atom stereocenters. The van der Waals surface area contributed by atoms with Crippen molar-refractivity contribution >= 4 is 6.03 Å². The topological polar surface area (TPSA) is 64.8 Å². The van der Waals surface area contributed by atoms with Gasteiger partial charge in [-0.15, -0.1) is 0 Å². The minimum Gasteiger partial charge on any atom is -0.336 e. The molecular formula is C13H27N5O. The third-order valence-corrected chi connectivity index (χ3v) is 4.36. The van der Waals surface area contributed by atoms with Crippen LogP contribution in [-0.2, 0) is 0 Å². The average Bonchev–Trinajstić information content (AvgIpc) is 2.82. The maximum atomic E-state index is 11.4. The van der Waals surface area contributed by atoms with Gasteiger partial charge < -0.3 is 16.0 Å². The minimum atomic E-state index is 0.0860. The second-order valence-corrected chi connectivity index (χ2v) is 6.06. The first kappa shape index (κ1) is 14.6. The van der Waals surface area contributed by atoms with Gasteiger partial charge >= 0.3 is 6.03 Å². The minimum absolute atomic E-state index is 0.0860. The monoisotopic (exact) mass is 269 g/mol. The highest BCUT2D eigenvalue weighted by Gasteiger charge is 2.29. The Labute approximate surface area is 115 Å². The summed E-state index contributed by atoms with van der Waals surface area (Å²) in [6.07, 6.45) is 0. The number of carbonyl (C=O) groups excluding carboxylic acids is 1. The van der Waals surface area contributed by atoms with Gasteiger partial charge in [-0.1, -0.05) is 0 Å². The average molecular weight is 269 g/mol. The summed E-state index contributed by atoms with van der Waals surface area (Å²) in [6, 6.07) is 0.0860. The Morgan fingerprint density at radius 2 is 1.84 bits per heavy atom. The van der Waals surface area contributed by atoms with Gasteiger partial charge in [-0.25, -0.2) is 4.79 Å². The molecule has 0 aromatic rings. The molecule has 0 aromatic carbocycles. The van der Waals surface area contributed by atoms with Gasteiger partial charge in [0.25, 0.3) is 0 Å². The third-order valence-electron chi connectivity index (χ3n) is 4.36. The Bertz CT molecular complexity index is 312. The number of amides is 2. The van der Waals surface area contributed by atoms with Gasteiger partial charge in [0.1, 0.15) is 0 Å². The van der Waals surface area contributed by atoms with Gasteiger partial charge in [-0.3, -0.25) is 9.80 Å². The van der Waals surface area contributed by atoms with Gasteiger partial charge in [0.05, 0.1) is 0 Å². The lowest BCUT2D eigenvalue weighted by Crippen LogP contribution is -2.57. The number of nitrogens with zero attached hydrogens (tertiary/aromatic N) is 3. The molecule has 0 spiro atoms. The molecule has 19 heavy (non-hydrogen) atoms. The molecule has 2 amide bonds. The Hall–Kier alpha value is -0.850. The van der Waals surface area contributed by atoms with Crippen LogP contribution in [0, 0.1) is 0 Å². The summed E-state index contributed by atoms with van der Waals surface area (Å²) in [7, 11) is 0.